The van der Waals surface area contributed by atoms with Crippen LogP contribution in [0.15, 0.2) is 0 Å². The number of carbonyl (C=O) groups is 4. The molecule has 3 amide bonds. The number of nitrogens with two attached hydrogens (primary N) is 1. The average Bonchev–Trinajstić information content (AvgIpc) is 3.08. The van der Waals surface area contributed by atoms with E-state index in [2.05, 4.69) is 10.6 Å². The Morgan fingerprint density at radius 3 is 2.46 bits per heavy atom. The number of hydrogen-bond acceptors (Lipinski definition) is 6. The Kier molecular flexibility index (Phi) is 8.86. The maximum atomic E-state index is 12.5. The van der Waals surface area contributed by atoms with Gasteiger partial charge in [0.2, 0.25) is 17.7 Å². The first-order chi connectivity index (χ1) is 12.2. The van der Waals surface area contributed by atoms with Crippen molar-refractivity contribution in [2.45, 2.75) is 57.3 Å². The van der Waals surface area contributed by atoms with E-state index in [1.165, 1.54) is 18.7 Å². The van der Waals surface area contributed by atoms with Crippen LogP contribution in [0.4, 0.5) is 0 Å². The fourth-order valence-corrected chi connectivity index (χ4v) is 3.15. The van der Waals surface area contributed by atoms with Crippen LogP contribution in [0.25, 0.3) is 0 Å². The Morgan fingerprint density at radius 1 is 1.23 bits per heavy atom. The molecule has 1 saturated heterocycles. The van der Waals surface area contributed by atoms with Crippen LogP contribution in [0, 0.1) is 0 Å². The number of rotatable bonds is 9. The van der Waals surface area contributed by atoms with Crippen LogP contribution in [-0.2, 0) is 19.2 Å². The molecule has 1 aliphatic heterocycles. The normalized spacial score (nSPS) is 20.2. The Labute approximate surface area is 157 Å². The number of amides is 3. The highest BCUT2D eigenvalue weighted by molar-refractivity contribution is 7.98. The zero-order chi connectivity index (χ0) is 19.9. The standard InChI is InChI=1S/C16H28N4O5S/c1-9(13(21)19-10(2)16(24)25)18-14(22)12-5-4-7-20(12)15(23)11(17)6-8-26-3/h9-12H,4-8,17H2,1-3H3,(H,18,22)(H,19,21)(H,24,25). The van der Waals surface area contributed by atoms with E-state index in [9.17, 15) is 19.2 Å². The molecule has 0 aromatic rings. The molecule has 0 spiro atoms. The molecule has 1 fully saturated rings. The van der Waals surface area contributed by atoms with Crippen molar-refractivity contribution in [3.63, 3.8) is 0 Å². The summed E-state index contributed by atoms with van der Waals surface area (Å²) in [6, 6.07) is -3.27. The van der Waals surface area contributed by atoms with Crippen molar-refractivity contribution in [1.29, 1.82) is 0 Å². The molecule has 0 aliphatic carbocycles. The molecule has 0 radical (unpaired) electrons. The van der Waals surface area contributed by atoms with E-state index in [1.54, 1.807) is 11.8 Å². The molecule has 26 heavy (non-hydrogen) atoms. The third-order valence-corrected chi connectivity index (χ3v) is 4.91. The number of carbonyl (C=O) groups excluding carboxylic acids is 3. The van der Waals surface area contributed by atoms with Gasteiger partial charge in [-0.2, -0.15) is 11.8 Å². The van der Waals surface area contributed by atoms with E-state index in [0.29, 0.717) is 25.8 Å². The van der Waals surface area contributed by atoms with Crippen LogP contribution in [-0.4, -0.2) is 76.4 Å². The number of thioether (sulfide) groups is 1. The van der Waals surface area contributed by atoms with Gasteiger partial charge in [-0.15, -0.1) is 0 Å². The maximum absolute atomic E-state index is 12.5. The van der Waals surface area contributed by atoms with Crippen LogP contribution in [0.2, 0.25) is 0 Å². The van der Waals surface area contributed by atoms with Crippen LogP contribution >= 0.6 is 11.8 Å². The summed E-state index contributed by atoms with van der Waals surface area (Å²) in [7, 11) is 0. The monoisotopic (exact) mass is 388 g/mol. The van der Waals surface area contributed by atoms with E-state index < -0.39 is 42.0 Å². The van der Waals surface area contributed by atoms with Crippen molar-refractivity contribution < 1.29 is 24.3 Å². The van der Waals surface area contributed by atoms with Gasteiger partial charge >= 0.3 is 5.97 Å². The van der Waals surface area contributed by atoms with E-state index in [0.717, 1.165) is 5.75 Å². The molecule has 5 N–H and O–H groups in total. The van der Waals surface area contributed by atoms with Crippen LogP contribution in [0.1, 0.15) is 33.1 Å². The SMILES string of the molecule is CSCCC(N)C(=O)N1CCCC1C(=O)NC(C)C(=O)NC(C)C(=O)O. The first kappa shape index (κ1) is 22.2. The van der Waals surface area contributed by atoms with Gasteiger partial charge < -0.3 is 26.4 Å². The zero-order valence-electron chi connectivity index (χ0n) is 15.4. The molecule has 0 bridgehead atoms. The van der Waals surface area contributed by atoms with Crippen molar-refractivity contribution in [3.8, 4) is 0 Å². The summed E-state index contributed by atoms with van der Waals surface area (Å²) in [5.41, 5.74) is 5.92. The van der Waals surface area contributed by atoms with Crippen LogP contribution < -0.4 is 16.4 Å². The number of nitrogens with one attached hydrogen (secondary N) is 2. The third-order valence-electron chi connectivity index (χ3n) is 4.27. The molecule has 0 saturated carbocycles. The van der Waals surface area contributed by atoms with Gasteiger partial charge in [-0.1, -0.05) is 0 Å². The van der Waals surface area contributed by atoms with Gasteiger partial charge in [0.1, 0.15) is 18.1 Å². The Balaban J connectivity index is 2.63. The van der Waals surface area contributed by atoms with Crippen molar-refractivity contribution >= 4 is 35.5 Å². The summed E-state index contributed by atoms with van der Waals surface area (Å²) >= 11 is 1.60. The number of nitrogens with zero attached hydrogens (tertiary/aromatic N) is 1. The lowest BCUT2D eigenvalue weighted by Crippen LogP contribution is -2.55. The molecule has 10 heteroatoms. The molecule has 4 unspecified atom stereocenters. The molecule has 0 aromatic carbocycles. The first-order valence-electron chi connectivity index (χ1n) is 8.57. The predicted molar refractivity (Wildman–Crippen MR) is 98.6 cm³/mol. The lowest BCUT2D eigenvalue weighted by Gasteiger charge is -2.27. The minimum absolute atomic E-state index is 0.256. The summed E-state index contributed by atoms with van der Waals surface area (Å²) < 4.78 is 0. The summed E-state index contributed by atoms with van der Waals surface area (Å²) in [4.78, 5) is 49.2. The molecule has 4 atom stereocenters. The number of carboxylic acid groups (broad SMARTS) is 1. The lowest BCUT2D eigenvalue weighted by molar-refractivity contribution is -0.142. The van der Waals surface area contributed by atoms with Crippen LogP contribution in [0.3, 0.4) is 0 Å². The molecule has 1 heterocycles. The van der Waals surface area contributed by atoms with Crippen molar-refractivity contribution in [2.75, 3.05) is 18.6 Å². The zero-order valence-corrected chi connectivity index (χ0v) is 16.2. The Hall–Kier alpha value is -1.81. The van der Waals surface area contributed by atoms with Gasteiger partial charge in [0, 0.05) is 6.54 Å². The van der Waals surface area contributed by atoms with Gasteiger partial charge in [0.15, 0.2) is 0 Å². The molecule has 9 nitrogen and oxygen atoms in total. The molecular formula is C16H28N4O5S. The highest BCUT2D eigenvalue weighted by Crippen LogP contribution is 2.19. The highest BCUT2D eigenvalue weighted by atomic mass is 32.2. The van der Waals surface area contributed by atoms with E-state index in [1.807, 2.05) is 6.26 Å². The van der Waals surface area contributed by atoms with Crippen molar-refractivity contribution in [2.24, 2.45) is 5.73 Å². The molecule has 0 aromatic heterocycles. The topological polar surface area (TPSA) is 142 Å². The molecular weight excluding hydrogens is 360 g/mol. The Bertz CT molecular complexity index is 545. The fourth-order valence-electron chi connectivity index (χ4n) is 2.66. The maximum Gasteiger partial charge on any atom is 0.325 e. The minimum atomic E-state index is -1.16. The number of carboxylic acids is 1. The summed E-state index contributed by atoms with van der Waals surface area (Å²) in [5.74, 6) is -1.69. The second-order valence-electron chi connectivity index (χ2n) is 6.38. The van der Waals surface area contributed by atoms with Crippen molar-refractivity contribution in [3.05, 3.63) is 0 Å². The molecule has 1 aliphatic rings. The number of hydrogen-bond donors (Lipinski definition) is 4. The number of likely N-dealkylation sites (tertiary alicyclic amines) is 1. The van der Waals surface area contributed by atoms with Gasteiger partial charge in [-0.3, -0.25) is 19.2 Å². The van der Waals surface area contributed by atoms with Gasteiger partial charge in [0.25, 0.3) is 0 Å². The Morgan fingerprint density at radius 2 is 1.88 bits per heavy atom. The minimum Gasteiger partial charge on any atom is -0.480 e. The summed E-state index contributed by atoms with van der Waals surface area (Å²) in [6.07, 6.45) is 3.67. The second-order valence-corrected chi connectivity index (χ2v) is 7.36. The number of aliphatic carboxylic acids is 1. The molecule has 1 rings (SSSR count). The summed E-state index contributed by atoms with van der Waals surface area (Å²) in [5, 5.41) is 13.7. The smallest absolute Gasteiger partial charge is 0.325 e. The average molecular weight is 388 g/mol. The van der Waals surface area contributed by atoms with Crippen LogP contribution in [0.5, 0.6) is 0 Å². The predicted octanol–water partition coefficient (Wildman–Crippen LogP) is -0.848. The quantitative estimate of drug-likeness (QED) is 0.403. The van der Waals surface area contributed by atoms with E-state index in [4.69, 9.17) is 10.8 Å². The third kappa shape index (κ3) is 6.17. The summed E-state index contributed by atoms with van der Waals surface area (Å²) in [6.45, 7) is 3.26. The van der Waals surface area contributed by atoms with Gasteiger partial charge in [-0.05, 0) is 45.1 Å². The second kappa shape index (κ2) is 10.4. The molecule has 148 valence electrons. The largest absolute Gasteiger partial charge is 0.480 e. The highest BCUT2D eigenvalue weighted by Gasteiger charge is 2.36. The van der Waals surface area contributed by atoms with E-state index >= 15 is 0 Å². The van der Waals surface area contributed by atoms with Crippen molar-refractivity contribution in [1.82, 2.24) is 15.5 Å². The van der Waals surface area contributed by atoms with E-state index in [-0.39, 0.29) is 5.91 Å². The van der Waals surface area contributed by atoms with Gasteiger partial charge in [-0.25, -0.2) is 0 Å². The van der Waals surface area contributed by atoms with Gasteiger partial charge in [0.05, 0.1) is 6.04 Å². The first-order valence-corrected chi connectivity index (χ1v) is 9.97. The lowest BCUT2D eigenvalue weighted by atomic mass is 10.1. The fraction of sp³-hybridized carbons (Fsp3) is 0.750.